The first kappa shape index (κ1) is 10.4. The lowest BCUT2D eigenvalue weighted by atomic mass is 10.1. The van der Waals surface area contributed by atoms with Crippen LogP contribution in [0.1, 0.15) is 29.6 Å². The van der Waals surface area contributed by atoms with Crippen molar-refractivity contribution in [3.8, 4) is 0 Å². The zero-order chi connectivity index (χ0) is 11.8. The van der Waals surface area contributed by atoms with Crippen molar-refractivity contribution in [2.24, 2.45) is 5.92 Å². The number of fused-ring (bicyclic) bond motifs is 1. The van der Waals surface area contributed by atoms with Crippen LogP contribution in [0.15, 0.2) is 30.5 Å². The van der Waals surface area contributed by atoms with Crippen molar-refractivity contribution in [2.75, 3.05) is 0 Å². The highest BCUT2D eigenvalue weighted by Crippen LogP contribution is 2.33. The quantitative estimate of drug-likeness (QED) is 0.875. The molecule has 0 bridgehead atoms. The van der Waals surface area contributed by atoms with E-state index in [1.165, 1.54) is 19.3 Å². The lowest BCUT2D eigenvalue weighted by Gasteiger charge is -2.05. The Morgan fingerprint density at radius 1 is 1.35 bits per heavy atom. The summed E-state index contributed by atoms with van der Waals surface area (Å²) in [6.07, 6.45) is 5.99. The Bertz CT molecular complexity index is 567. The SMILES string of the molecule is O=C(O)c1ccc2ccn(CCC3CC3)c2c1. The predicted molar refractivity (Wildman–Crippen MR) is 66.2 cm³/mol. The van der Waals surface area contributed by atoms with E-state index in [9.17, 15) is 4.79 Å². The second-order valence-electron chi connectivity index (χ2n) is 4.82. The van der Waals surface area contributed by atoms with Gasteiger partial charge in [-0.05, 0) is 35.9 Å². The second-order valence-corrected chi connectivity index (χ2v) is 4.82. The van der Waals surface area contributed by atoms with Gasteiger partial charge in [-0.25, -0.2) is 4.79 Å². The summed E-state index contributed by atoms with van der Waals surface area (Å²) in [5.74, 6) is 0.0388. The molecule has 0 spiro atoms. The lowest BCUT2D eigenvalue weighted by molar-refractivity contribution is 0.0697. The zero-order valence-corrected chi connectivity index (χ0v) is 9.60. The number of hydrogen-bond acceptors (Lipinski definition) is 1. The van der Waals surface area contributed by atoms with Gasteiger partial charge in [0.1, 0.15) is 0 Å². The van der Waals surface area contributed by atoms with Gasteiger partial charge < -0.3 is 9.67 Å². The lowest BCUT2D eigenvalue weighted by Crippen LogP contribution is -1.99. The molecule has 3 nitrogen and oxygen atoms in total. The molecule has 0 radical (unpaired) electrons. The minimum atomic E-state index is -0.859. The highest BCUT2D eigenvalue weighted by Gasteiger charge is 2.20. The molecule has 2 aromatic rings. The largest absolute Gasteiger partial charge is 0.478 e. The molecule has 1 saturated carbocycles. The number of benzene rings is 1. The molecule has 1 aliphatic rings. The van der Waals surface area contributed by atoms with Crippen molar-refractivity contribution in [3.63, 3.8) is 0 Å². The molecule has 1 aromatic carbocycles. The third-order valence-electron chi connectivity index (χ3n) is 3.50. The summed E-state index contributed by atoms with van der Waals surface area (Å²) >= 11 is 0. The number of aryl methyl sites for hydroxylation is 1. The molecule has 3 rings (SSSR count). The number of carbonyl (C=O) groups is 1. The van der Waals surface area contributed by atoms with Crippen molar-refractivity contribution >= 4 is 16.9 Å². The fraction of sp³-hybridized carbons (Fsp3) is 0.357. The maximum atomic E-state index is 10.9. The smallest absolute Gasteiger partial charge is 0.335 e. The molecule has 3 heteroatoms. The van der Waals surface area contributed by atoms with Crippen molar-refractivity contribution in [1.29, 1.82) is 0 Å². The first-order valence-electron chi connectivity index (χ1n) is 6.06. The van der Waals surface area contributed by atoms with E-state index in [4.69, 9.17) is 5.11 Å². The summed E-state index contributed by atoms with van der Waals surface area (Å²) in [7, 11) is 0. The molecule has 0 unspecified atom stereocenters. The Labute approximate surface area is 99.7 Å². The van der Waals surface area contributed by atoms with Crippen LogP contribution in [0.2, 0.25) is 0 Å². The van der Waals surface area contributed by atoms with Gasteiger partial charge in [-0.15, -0.1) is 0 Å². The van der Waals surface area contributed by atoms with Gasteiger partial charge in [0.25, 0.3) is 0 Å². The van der Waals surface area contributed by atoms with Crippen LogP contribution in [0.4, 0.5) is 0 Å². The van der Waals surface area contributed by atoms with Crippen LogP contribution in [0.5, 0.6) is 0 Å². The topological polar surface area (TPSA) is 42.2 Å². The van der Waals surface area contributed by atoms with Crippen molar-refractivity contribution in [1.82, 2.24) is 4.57 Å². The predicted octanol–water partition coefficient (Wildman–Crippen LogP) is 3.14. The van der Waals surface area contributed by atoms with Gasteiger partial charge in [0.05, 0.1) is 5.56 Å². The molecule has 17 heavy (non-hydrogen) atoms. The van der Waals surface area contributed by atoms with Gasteiger partial charge in [0, 0.05) is 18.3 Å². The van der Waals surface area contributed by atoms with Crippen molar-refractivity contribution in [3.05, 3.63) is 36.0 Å². The number of carboxylic acid groups (broad SMARTS) is 1. The van der Waals surface area contributed by atoms with Crippen LogP contribution in [-0.2, 0) is 6.54 Å². The van der Waals surface area contributed by atoms with E-state index >= 15 is 0 Å². The normalized spacial score (nSPS) is 15.3. The molecule has 1 N–H and O–H groups in total. The minimum Gasteiger partial charge on any atom is -0.478 e. The maximum absolute atomic E-state index is 10.9. The number of carboxylic acids is 1. The maximum Gasteiger partial charge on any atom is 0.335 e. The monoisotopic (exact) mass is 229 g/mol. The fourth-order valence-electron chi connectivity index (χ4n) is 2.24. The van der Waals surface area contributed by atoms with Crippen LogP contribution in [0, 0.1) is 5.92 Å². The molecule has 0 aliphatic heterocycles. The highest BCUT2D eigenvalue weighted by molar-refractivity contribution is 5.93. The molecule has 0 amide bonds. The Hall–Kier alpha value is -1.77. The second kappa shape index (κ2) is 3.91. The third kappa shape index (κ3) is 2.05. The van der Waals surface area contributed by atoms with Crippen molar-refractivity contribution in [2.45, 2.75) is 25.8 Å². The van der Waals surface area contributed by atoms with E-state index in [0.29, 0.717) is 5.56 Å². The Kier molecular flexibility index (Phi) is 2.39. The van der Waals surface area contributed by atoms with Crippen LogP contribution in [0.25, 0.3) is 10.9 Å². The molecular weight excluding hydrogens is 214 g/mol. The van der Waals surface area contributed by atoms with Gasteiger partial charge >= 0.3 is 5.97 Å². The van der Waals surface area contributed by atoms with Crippen LogP contribution in [-0.4, -0.2) is 15.6 Å². The van der Waals surface area contributed by atoms with Gasteiger partial charge in [0.2, 0.25) is 0 Å². The number of rotatable bonds is 4. The van der Waals surface area contributed by atoms with Gasteiger partial charge in [-0.1, -0.05) is 18.9 Å². The standard InChI is InChI=1S/C14H15NO2/c16-14(17)12-4-3-11-6-8-15(13(11)9-12)7-5-10-1-2-10/h3-4,6,8-10H,1-2,5,7H2,(H,16,17). The molecule has 0 atom stereocenters. The summed E-state index contributed by atoms with van der Waals surface area (Å²) in [4.78, 5) is 10.9. The molecule has 1 aromatic heterocycles. The fourth-order valence-corrected chi connectivity index (χ4v) is 2.24. The number of aromatic nitrogens is 1. The highest BCUT2D eigenvalue weighted by atomic mass is 16.4. The summed E-state index contributed by atoms with van der Waals surface area (Å²) in [5, 5.41) is 10.1. The molecule has 1 fully saturated rings. The van der Waals surface area contributed by atoms with E-state index in [0.717, 1.165) is 23.4 Å². The first-order valence-corrected chi connectivity index (χ1v) is 6.06. The average molecular weight is 229 g/mol. The molecule has 0 saturated heterocycles. The van der Waals surface area contributed by atoms with E-state index < -0.39 is 5.97 Å². The minimum absolute atomic E-state index is 0.365. The van der Waals surface area contributed by atoms with E-state index in [2.05, 4.69) is 10.8 Å². The van der Waals surface area contributed by atoms with Crippen LogP contribution < -0.4 is 0 Å². The third-order valence-corrected chi connectivity index (χ3v) is 3.50. The van der Waals surface area contributed by atoms with Crippen LogP contribution >= 0.6 is 0 Å². The summed E-state index contributed by atoms with van der Waals surface area (Å²) in [6.45, 7) is 0.997. The zero-order valence-electron chi connectivity index (χ0n) is 9.60. The molecule has 1 aliphatic carbocycles. The van der Waals surface area contributed by atoms with Crippen LogP contribution in [0.3, 0.4) is 0 Å². The number of nitrogens with zero attached hydrogens (tertiary/aromatic N) is 1. The van der Waals surface area contributed by atoms with Gasteiger partial charge in [-0.2, -0.15) is 0 Å². The molecule has 88 valence electrons. The molecular formula is C14H15NO2. The number of aromatic carboxylic acids is 1. The van der Waals surface area contributed by atoms with Crippen molar-refractivity contribution < 1.29 is 9.90 Å². The first-order chi connectivity index (χ1) is 8.24. The Balaban J connectivity index is 1.93. The summed E-state index contributed by atoms with van der Waals surface area (Å²) in [6, 6.07) is 7.36. The van der Waals surface area contributed by atoms with E-state index in [1.54, 1.807) is 12.1 Å². The Morgan fingerprint density at radius 2 is 2.18 bits per heavy atom. The molecule has 1 heterocycles. The summed E-state index contributed by atoms with van der Waals surface area (Å²) < 4.78 is 2.17. The summed E-state index contributed by atoms with van der Waals surface area (Å²) in [5.41, 5.74) is 1.40. The van der Waals surface area contributed by atoms with E-state index in [-0.39, 0.29) is 0 Å². The average Bonchev–Trinajstić information content (AvgIpc) is 3.06. The van der Waals surface area contributed by atoms with Gasteiger partial charge in [0.15, 0.2) is 0 Å². The van der Waals surface area contributed by atoms with Gasteiger partial charge in [-0.3, -0.25) is 0 Å². The Morgan fingerprint density at radius 3 is 2.88 bits per heavy atom. The van der Waals surface area contributed by atoms with E-state index in [1.807, 2.05) is 12.1 Å². The number of hydrogen-bond donors (Lipinski definition) is 1.